The molecule has 1 nitrogen and oxygen atoms in total. The summed E-state index contributed by atoms with van der Waals surface area (Å²) in [6.45, 7) is 2.15. The fourth-order valence-corrected chi connectivity index (χ4v) is 5.77. The van der Waals surface area contributed by atoms with Crippen LogP contribution in [0, 0.1) is 24.2 Å². The van der Waals surface area contributed by atoms with Gasteiger partial charge in [-0.2, -0.15) is 0 Å². The molecule has 3 rings (SSSR count). The Morgan fingerprint density at radius 3 is 2.94 bits per heavy atom. The molecule has 3 heteroatoms. The first-order valence-electron chi connectivity index (χ1n) is 6.68. The minimum absolute atomic E-state index is 0.610. The van der Waals surface area contributed by atoms with E-state index in [4.69, 9.17) is 0 Å². The number of alkyl halides is 1. The molecule has 2 saturated carbocycles. The van der Waals surface area contributed by atoms with E-state index < -0.39 is 0 Å². The minimum Gasteiger partial charge on any atom is -0.250 e. The zero-order valence-corrected chi connectivity index (χ0v) is 12.8. The number of nitrogens with zero attached hydrogens (tertiary/aromatic N) is 1. The van der Waals surface area contributed by atoms with Gasteiger partial charge >= 0.3 is 0 Å². The van der Waals surface area contributed by atoms with Gasteiger partial charge in [-0.25, -0.2) is 4.98 Å². The van der Waals surface area contributed by atoms with Gasteiger partial charge in [0.1, 0.15) is 0 Å². The number of fused-ring (bicyclic) bond motifs is 2. The van der Waals surface area contributed by atoms with Crippen molar-refractivity contribution >= 4 is 27.3 Å². The largest absolute Gasteiger partial charge is 0.250 e. The number of hydrogen-bond donors (Lipinski definition) is 0. The molecule has 3 atom stereocenters. The van der Waals surface area contributed by atoms with E-state index in [1.807, 2.05) is 16.8 Å². The zero-order chi connectivity index (χ0) is 11.9. The summed E-state index contributed by atoms with van der Waals surface area (Å²) >= 11 is 5.64. The van der Waals surface area contributed by atoms with Gasteiger partial charge in [0, 0.05) is 10.2 Å². The van der Waals surface area contributed by atoms with Gasteiger partial charge in [0.25, 0.3) is 0 Å². The molecule has 2 fully saturated rings. The molecule has 2 aliphatic carbocycles. The maximum absolute atomic E-state index is 4.37. The van der Waals surface area contributed by atoms with E-state index in [0.717, 1.165) is 11.8 Å². The third-order valence-corrected chi connectivity index (χ3v) is 7.18. The van der Waals surface area contributed by atoms with Crippen molar-refractivity contribution < 1.29 is 0 Å². The van der Waals surface area contributed by atoms with Crippen molar-refractivity contribution in [1.82, 2.24) is 4.98 Å². The average molecular weight is 314 g/mol. The first-order chi connectivity index (χ1) is 8.23. The summed E-state index contributed by atoms with van der Waals surface area (Å²) in [5.41, 5.74) is 3.86. The second-order valence-corrected chi connectivity index (χ2v) is 7.44. The number of aryl methyl sites for hydroxylation is 2. The summed E-state index contributed by atoms with van der Waals surface area (Å²) in [5, 5.41) is 1.21. The van der Waals surface area contributed by atoms with E-state index in [1.54, 1.807) is 0 Å². The standard InChI is InChI=1S/C14H20BrNS/c1-10-13(17-9-16-10)4-5-14(8-15)7-11-2-3-12(14)6-11/h9,11-12H,2-8H2,1H3. The van der Waals surface area contributed by atoms with Crippen LogP contribution in [-0.4, -0.2) is 10.3 Å². The third kappa shape index (κ3) is 2.10. The van der Waals surface area contributed by atoms with Crippen LogP contribution in [0.2, 0.25) is 0 Å². The van der Waals surface area contributed by atoms with Crippen LogP contribution in [0.4, 0.5) is 0 Å². The van der Waals surface area contributed by atoms with Crippen LogP contribution in [0.1, 0.15) is 42.7 Å². The average Bonchev–Trinajstić information content (AvgIpc) is 3.02. The normalized spacial score (nSPS) is 35.6. The Labute approximate surface area is 116 Å². The monoisotopic (exact) mass is 313 g/mol. The van der Waals surface area contributed by atoms with Crippen LogP contribution in [0.15, 0.2) is 5.51 Å². The number of hydrogen-bond acceptors (Lipinski definition) is 2. The topological polar surface area (TPSA) is 12.9 Å². The summed E-state index contributed by atoms with van der Waals surface area (Å²) < 4.78 is 0. The highest BCUT2D eigenvalue weighted by Gasteiger charge is 2.49. The van der Waals surface area contributed by atoms with E-state index >= 15 is 0 Å². The van der Waals surface area contributed by atoms with Crippen molar-refractivity contribution in [3.8, 4) is 0 Å². The maximum Gasteiger partial charge on any atom is 0.0797 e. The van der Waals surface area contributed by atoms with Gasteiger partial charge in [-0.05, 0) is 56.3 Å². The highest BCUT2D eigenvalue weighted by atomic mass is 79.9. The van der Waals surface area contributed by atoms with Crippen LogP contribution in [0.25, 0.3) is 0 Å². The third-order valence-electron chi connectivity index (χ3n) is 5.06. The van der Waals surface area contributed by atoms with E-state index in [9.17, 15) is 0 Å². The highest BCUT2D eigenvalue weighted by molar-refractivity contribution is 9.09. The molecule has 1 aromatic rings. The summed E-state index contributed by atoms with van der Waals surface area (Å²) in [6.07, 6.45) is 8.57. The molecule has 0 N–H and O–H groups in total. The van der Waals surface area contributed by atoms with Crippen molar-refractivity contribution in [2.75, 3.05) is 5.33 Å². The van der Waals surface area contributed by atoms with Gasteiger partial charge in [0.15, 0.2) is 0 Å². The number of halogens is 1. The molecule has 1 heterocycles. The van der Waals surface area contributed by atoms with Gasteiger partial charge in [0.05, 0.1) is 11.2 Å². The predicted octanol–water partition coefficient (Wildman–Crippen LogP) is 4.59. The zero-order valence-electron chi connectivity index (χ0n) is 10.4. The molecule has 2 bridgehead atoms. The van der Waals surface area contributed by atoms with Gasteiger partial charge in [-0.1, -0.05) is 22.4 Å². The minimum atomic E-state index is 0.610. The Morgan fingerprint density at radius 1 is 1.53 bits per heavy atom. The van der Waals surface area contributed by atoms with Crippen LogP contribution >= 0.6 is 27.3 Å². The summed E-state index contributed by atoms with van der Waals surface area (Å²) in [5.74, 6) is 2.04. The van der Waals surface area contributed by atoms with Crippen LogP contribution in [0.3, 0.4) is 0 Å². The predicted molar refractivity (Wildman–Crippen MR) is 76.8 cm³/mol. The SMILES string of the molecule is Cc1ncsc1CCC1(CBr)CC2CCC1C2. The summed E-state index contributed by atoms with van der Waals surface area (Å²) in [4.78, 5) is 5.87. The molecule has 0 aliphatic heterocycles. The maximum atomic E-state index is 4.37. The number of aromatic nitrogens is 1. The lowest BCUT2D eigenvalue weighted by Gasteiger charge is -2.36. The second-order valence-electron chi connectivity index (χ2n) is 5.94. The second kappa shape index (κ2) is 4.65. The summed E-state index contributed by atoms with van der Waals surface area (Å²) in [6, 6.07) is 0. The molecule has 2 aliphatic rings. The lowest BCUT2D eigenvalue weighted by molar-refractivity contribution is 0.182. The molecule has 3 unspecified atom stereocenters. The molecule has 0 aromatic carbocycles. The first-order valence-corrected chi connectivity index (χ1v) is 8.68. The van der Waals surface area contributed by atoms with Gasteiger partial charge in [-0.3, -0.25) is 0 Å². The van der Waals surface area contributed by atoms with E-state index in [2.05, 4.69) is 27.8 Å². The van der Waals surface area contributed by atoms with Crippen LogP contribution in [-0.2, 0) is 6.42 Å². The fourth-order valence-electron chi connectivity index (χ4n) is 4.02. The van der Waals surface area contributed by atoms with Crippen molar-refractivity contribution in [1.29, 1.82) is 0 Å². The Hall–Kier alpha value is 0.110. The molecular formula is C14H20BrNS. The first kappa shape index (κ1) is 12.2. The molecular weight excluding hydrogens is 294 g/mol. The van der Waals surface area contributed by atoms with Crippen molar-refractivity contribution in [2.45, 2.75) is 45.4 Å². The molecule has 0 amide bonds. The van der Waals surface area contributed by atoms with Crippen LogP contribution in [0.5, 0.6) is 0 Å². The van der Waals surface area contributed by atoms with Crippen LogP contribution < -0.4 is 0 Å². The smallest absolute Gasteiger partial charge is 0.0797 e. The van der Waals surface area contributed by atoms with E-state index in [0.29, 0.717) is 5.41 Å². The molecule has 0 radical (unpaired) electrons. The molecule has 94 valence electrons. The Morgan fingerprint density at radius 2 is 2.41 bits per heavy atom. The Bertz CT molecular complexity index is 403. The molecule has 17 heavy (non-hydrogen) atoms. The van der Waals surface area contributed by atoms with Gasteiger partial charge < -0.3 is 0 Å². The van der Waals surface area contributed by atoms with E-state index in [1.165, 1.54) is 54.4 Å². The molecule has 1 aromatic heterocycles. The lowest BCUT2D eigenvalue weighted by Crippen LogP contribution is -2.30. The van der Waals surface area contributed by atoms with Crippen molar-refractivity contribution in [3.63, 3.8) is 0 Å². The molecule has 0 saturated heterocycles. The Kier molecular flexibility index (Phi) is 3.33. The van der Waals surface area contributed by atoms with E-state index in [-0.39, 0.29) is 0 Å². The molecule has 0 spiro atoms. The fraction of sp³-hybridized carbons (Fsp3) is 0.786. The number of thiazole rings is 1. The van der Waals surface area contributed by atoms with Gasteiger partial charge in [-0.15, -0.1) is 11.3 Å². The Balaban J connectivity index is 1.69. The number of rotatable bonds is 4. The van der Waals surface area contributed by atoms with Crippen molar-refractivity contribution in [2.24, 2.45) is 17.3 Å². The summed E-state index contributed by atoms with van der Waals surface area (Å²) in [7, 11) is 0. The lowest BCUT2D eigenvalue weighted by atomic mass is 9.71. The highest BCUT2D eigenvalue weighted by Crippen LogP contribution is 2.58. The quantitative estimate of drug-likeness (QED) is 0.741. The van der Waals surface area contributed by atoms with Gasteiger partial charge in [0.2, 0.25) is 0 Å². The van der Waals surface area contributed by atoms with Crippen molar-refractivity contribution in [3.05, 3.63) is 16.1 Å².